The second-order valence-electron chi connectivity index (χ2n) is 6.27. The Morgan fingerprint density at radius 2 is 1.86 bits per heavy atom. The zero-order valence-electron chi connectivity index (χ0n) is 15.2. The Bertz CT molecular complexity index is 802. The Morgan fingerprint density at radius 1 is 1.18 bits per heavy atom. The van der Waals surface area contributed by atoms with E-state index in [4.69, 9.17) is 32.7 Å². The van der Waals surface area contributed by atoms with E-state index < -0.39 is 0 Å². The van der Waals surface area contributed by atoms with E-state index in [1.54, 1.807) is 12.1 Å². The Morgan fingerprint density at radius 3 is 2.54 bits per heavy atom. The van der Waals surface area contributed by atoms with Gasteiger partial charge in [0.05, 0.1) is 36.0 Å². The van der Waals surface area contributed by atoms with Crippen LogP contribution in [-0.4, -0.2) is 49.9 Å². The number of hydrogen-bond acceptors (Lipinski definition) is 5. The van der Waals surface area contributed by atoms with Crippen LogP contribution in [0.2, 0.25) is 10.0 Å². The van der Waals surface area contributed by atoms with Gasteiger partial charge < -0.3 is 9.47 Å². The molecule has 2 aromatic rings. The predicted octanol–water partition coefficient (Wildman–Crippen LogP) is 3.35. The van der Waals surface area contributed by atoms with Crippen LogP contribution in [0.1, 0.15) is 11.1 Å². The molecule has 0 bridgehead atoms. The molecule has 1 heterocycles. The van der Waals surface area contributed by atoms with Gasteiger partial charge in [-0.15, -0.1) is 0 Å². The first kappa shape index (κ1) is 20.6. The van der Waals surface area contributed by atoms with Gasteiger partial charge in [-0.1, -0.05) is 53.5 Å². The van der Waals surface area contributed by atoms with Crippen LogP contribution in [0.15, 0.2) is 47.6 Å². The largest absolute Gasteiger partial charge is 0.486 e. The second-order valence-corrected chi connectivity index (χ2v) is 7.08. The number of rotatable bonds is 7. The molecule has 0 saturated carbocycles. The number of morpholine rings is 1. The molecule has 0 spiro atoms. The van der Waals surface area contributed by atoms with E-state index in [1.807, 2.05) is 35.2 Å². The maximum atomic E-state index is 11.9. The Hall–Kier alpha value is -2.12. The molecule has 0 unspecified atom stereocenters. The van der Waals surface area contributed by atoms with Crippen LogP contribution in [-0.2, 0) is 16.1 Å². The molecule has 0 aromatic heterocycles. The zero-order chi connectivity index (χ0) is 19.8. The van der Waals surface area contributed by atoms with Crippen molar-refractivity contribution in [3.8, 4) is 5.75 Å². The van der Waals surface area contributed by atoms with Crippen LogP contribution in [0.3, 0.4) is 0 Å². The number of nitrogens with zero attached hydrogens (tertiary/aromatic N) is 2. The first-order valence-corrected chi connectivity index (χ1v) is 9.65. The SMILES string of the molecule is O=C(CN1CCOCC1)N/N=C/c1cc(Cl)c(OCc2ccccc2)c(Cl)c1. The number of benzene rings is 2. The Labute approximate surface area is 174 Å². The minimum atomic E-state index is -0.182. The lowest BCUT2D eigenvalue weighted by atomic mass is 10.2. The highest BCUT2D eigenvalue weighted by Gasteiger charge is 2.13. The van der Waals surface area contributed by atoms with Crippen molar-refractivity contribution in [2.24, 2.45) is 5.10 Å². The highest BCUT2D eigenvalue weighted by molar-refractivity contribution is 6.37. The van der Waals surface area contributed by atoms with Crippen molar-refractivity contribution in [3.05, 3.63) is 63.6 Å². The molecule has 148 valence electrons. The van der Waals surface area contributed by atoms with E-state index in [0.29, 0.717) is 41.2 Å². The van der Waals surface area contributed by atoms with Crippen LogP contribution < -0.4 is 10.2 Å². The molecule has 8 heteroatoms. The molecule has 28 heavy (non-hydrogen) atoms. The summed E-state index contributed by atoms with van der Waals surface area (Å²) >= 11 is 12.6. The number of nitrogens with one attached hydrogen (secondary N) is 1. The van der Waals surface area contributed by atoms with Crippen LogP contribution in [0.25, 0.3) is 0 Å². The standard InChI is InChI=1S/C20H21Cl2N3O3/c21-17-10-16(12-23-24-19(26)13-25-6-8-27-9-7-25)11-18(22)20(17)28-14-15-4-2-1-3-5-15/h1-5,10-12H,6-9,13-14H2,(H,24,26)/b23-12+. The van der Waals surface area contributed by atoms with Crippen LogP contribution in [0.4, 0.5) is 0 Å². The summed E-state index contributed by atoms with van der Waals surface area (Å²) < 4.78 is 11.0. The molecule has 1 aliphatic heterocycles. The maximum absolute atomic E-state index is 11.9. The molecule has 1 fully saturated rings. The predicted molar refractivity (Wildman–Crippen MR) is 110 cm³/mol. The van der Waals surface area contributed by atoms with Gasteiger partial charge in [0.25, 0.3) is 5.91 Å². The molecular formula is C20H21Cl2N3O3. The topological polar surface area (TPSA) is 63.2 Å². The Kier molecular flexibility index (Phi) is 7.68. The molecule has 2 aromatic carbocycles. The smallest absolute Gasteiger partial charge is 0.254 e. The zero-order valence-corrected chi connectivity index (χ0v) is 16.7. The molecular weight excluding hydrogens is 401 g/mol. The van der Waals surface area contributed by atoms with Gasteiger partial charge >= 0.3 is 0 Å². The first-order chi connectivity index (χ1) is 13.6. The summed E-state index contributed by atoms with van der Waals surface area (Å²) in [5, 5.41) is 4.73. The average molecular weight is 422 g/mol. The molecule has 1 N–H and O–H groups in total. The van der Waals surface area contributed by atoms with Gasteiger partial charge in [0.1, 0.15) is 6.61 Å². The van der Waals surface area contributed by atoms with Crippen molar-refractivity contribution >= 4 is 35.3 Å². The fourth-order valence-electron chi connectivity index (χ4n) is 2.70. The van der Waals surface area contributed by atoms with Crippen molar-refractivity contribution in [1.82, 2.24) is 10.3 Å². The second kappa shape index (κ2) is 10.4. The average Bonchev–Trinajstić information content (AvgIpc) is 2.69. The number of carbonyl (C=O) groups is 1. The van der Waals surface area contributed by atoms with Crippen molar-refractivity contribution in [2.45, 2.75) is 6.61 Å². The molecule has 0 atom stereocenters. The maximum Gasteiger partial charge on any atom is 0.254 e. The van der Waals surface area contributed by atoms with Crippen LogP contribution >= 0.6 is 23.2 Å². The van der Waals surface area contributed by atoms with Crippen molar-refractivity contribution in [3.63, 3.8) is 0 Å². The third-order valence-electron chi connectivity index (χ3n) is 4.12. The van der Waals surface area contributed by atoms with Crippen molar-refractivity contribution in [1.29, 1.82) is 0 Å². The Balaban J connectivity index is 1.54. The van der Waals surface area contributed by atoms with Gasteiger partial charge in [-0.3, -0.25) is 9.69 Å². The number of hydrogen-bond donors (Lipinski definition) is 1. The van der Waals surface area contributed by atoms with E-state index in [0.717, 1.165) is 18.7 Å². The highest BCUT2D eigenvalue weighted by atomic mass is 35.5. The highest BCUT2D eigenvalue weighted by Crippen LogP contribution is 2.34. The van der Waals surface area contributed by atoms with E-state index in [-0.39, 0.29) is 12.5 Å². The summed E-state index contributed by atoms with van der Waals surface area (Å²) in [6.45, 7) is 3.43. The van der Waals surface area contributed by atoms with Gasteiger partial charge in [0.2, 0.25) is 0 Å². The quantitative estimate of drug-likeness (QED) is 0.549. The van der Waals surface area contributed by atoms with Gasteiger partial charge in [-0.05, 0) is 23.3 Å². The van der Waals surface area contributed by atoms with E-state index in [2.05, 4.69) is 10.5 Å². The molecule has 0 aliphatic carbocycles. The number of halogens is 2. The summed E-state index contributed by atoms with van der Waals surface area (Å²) in [5.74, 6) is 0.235. The summed E-state index contributed by atoms with van der Waals surface area (Å²) in [6.07, 6.45) is 1.50. The van der Waals surface area contributed by atoms with Crippen LogP contribution in [0.5, 0.6) is 5.75 Å². The van der Waals surface area contributed by atoms with Crippen molar-refractivity contribution in [2.75, 3.05) is 32.8 Å². The molecule has 3 rings (SSSR count). The number of hydrazone groups is 1. The number of ether oxygens (including phenoxy) is 2. The van der Waals surface area contributed by atoms with Gasteiger partial charge in [-0.2, -0.15) is 5.10 Å². The van der Waals surface area contributed by atoms with Crippen LogP contribution in [0, 0.1) is 0 Å². The molecule has 1 amide bonds. The third-order valence-corrected chi connectivity index (χ3v) is 4.68. The van der Waals surface area contributed by atoms with Gasteiger partial charge in [-0.25, -0.2) is 5.43 Å². The number of amides is 1. The fourth-order valence-corrected chi connectivity index (χ4v) is 3.31. The molecule has 6 nitrogen and oxygen atoms in total. The summed E-state index contributed by atoms with van der Waals surface area (Å²) in [5.41, 5.74) is 4.19. The molecule has 1 saturated heterocycles. The van der Waals surface area contributed by atoms with E-state index in [9.17, 15) is 4.79 Å². The summed E-state index contributed by atoms with van der Waals surface area (Å²) in [7, 11) is 0. The van der Waals surface area contributed by atoms with E-state index >= 15 is 0 Å². The number of carbonyl (C=O) groups excluding carboxylic acids is 1. The lowest BCUT2D eigenvalue weighted by Crippen LogP contribution is -2.42. The van der Waals surface area contributed by atoms with E-state index in [1.165, 1.54) is 6.21 Å². The summed E-state index contributed by atoms with van der Waals surface area (Å²) in [4.78, 5) is 13.9. The van der Waals surface area contributed by atoms with Gasteiger partial charge in [0, 0.05) is 13.1 Å². The minimum absolute atomic E-state index is 0.182. The fraction of sp³-hybridized carbons (Fsp3) is 0.300. The molecule has 1 aliphatic rings. The lowest BCUT2D eigenvalue weighted by molar-refractivity contribution is -0.123. The monoisotopic (exact) mass is 421 g/mol. The molecule has 0 radical (unpaired) electrons. The third kappa shape index (κ3) is 6.21. The minimum Gasteiger partial charge on any atom is -0.486 e. The van der Waals surface area contributed by atoms with Gasteiger partial charge in [0.15, 0.2) is 5.75 Å². The normalized spacial score (nSPS) is 14.9. The lowest BCUT2D eigenvalue weighted by Gasteiger charge is -2.25. The first-order valence-electron chi connectivity index (χ1n) is 8.89. The summed E-state index contributed by atoms with van der Waals surface area (Å²) in [6, 6.07) is 13.1. The van der Waals surface area contributed by atoms with Crippen molar-refractivity contribution < 1.29 is 14.3 Å².